The van der Waals surface area contributed by atoms with Crippen LogP contribution in [0.4, 0.5) is 0 Å². The van der Waals surface area contributed by atoms with Gasteiger partial charge in [-0.05, 0) is 54.9 Å². The van der Waals surface area contributed by atoms with Crippen molar-refractivity contribution in [3.05, 3.63) is 12.2 Å². The second-order valence-electron chi connectivity index (χ2n) is 10.3. The molecule has 0 saturated heterocycles. The molecule has 0 heterocycles. The zero-order valence-electron chi connectivity index (χ0n) is 16.8. The van der Waals surface area contributed by atoms with Crippen molar-refractivity contribution in [1.82, 2.24) is 0 Å². The normalized spacial score (nSPS) is 50.7. The fourth-order valence-electron chi connectivity index (χ4n) is 7.69. The Labute approximate surface area is 161 Å². The molecule has 27 heavy (non-hydrogen) atoms. The van der Waals surface area contributed by atoms with Gasteiger partial charge >= 0.3 is 5.97 Å². The van der Waals surface area contributed by atoms with Crippen LogP contribution in [0.5, 0.6) is 0 Å². The van der Waals surface area contributed by atoms with E-state index in [0.29, 0.717) is 18.4 Å². The van der Waals surface area contributed by atoms with Crippen molar-refractivity contribution in [2.24, 2.45) is 34.0 Å². The molecule has 2 unspecified atom stereocenters. The zero-order valence-corrected chi connectivity index (χ0v) is 16.8. The van der Waals surface area contributed by atoms with Crippen LogP contribution in [0.25, 0.3) is 0 Å². The average molecular weight is 376 g/mol. The van der Waals surface area contributed by atoms with E-state index in [0.717, 1.165) is 19.3 Å². The number of fused-ring (bicyclic) bond motifs is 3. The summed E-state index contributed by atoms with van der Waals surface area (Å²) in [6.07, 6.45) is 1.45. The largest absolute Gasteiger partial charge is 0.462 e. The molecule has 0 radical (unpaired) electrons. The summed E-state index contributed by atoms with van der Waals surface area (Å²) in [7, 11) is 0. The highest BCUT2D eigenvalue weighted by Gasteiger charge is 2.75. The number of ether oxygens (including phenoxy) is 1. The summed E-state index contributed by atoms with van der Waals surface area (Å²) in [5, 5.41) is 22.4. The van der Waals surface area contributed by atoms with Crippen LogP contribution in [-0.2, 0) is 14.3 Å². The zero-order chi connectivity index (χ0) is 19.9. The molecule has 2 N–H and O–H groups in total. The molecule has 4 fully saturated rings. The smallest absolute Gasteiger partial charge is 0.302 e. The van der Waals surface area contributed by atoms with Gasteiger partial charge in [-0.15, -0.1) is 0 Å². The SMILES string of the molecule is C=C1C(=O)[C@@]23C(CC[C@@H]1[C@H]2O)[C@@]1(C)C(C[C@H]3O)C(C)(C)CC[C@H]1OC(C)=O. The van der Waals surface area contributed by atoms with Crippen molar-refractivity contribution < 1.29 is 24.5 Å². The first-order valence-corrected chi connectivity index (χ1v) is 10.3. The number of Topliss-reactive ketones (excluding diaryl/α,β-unsaturated/α-hetero) is 1. The summed E-state index contributed by atoms with van der Waals surface area (Å²) in [4.78, 5) is 25.2. The van der Waals surface area contributed by atoms with Gasteiger partial charge in [-0.1, -0.05) is 27.4 Å². The summed E-state index contributed by atoms with van der Waals surface area (Å²) in [6, 6.07) is 0. The van der Waals surface area contributed by atoms with Crippen LogP contribution < -0.4 is 0 Å². The molecule has 0 aromatic carbocycles. The lowest BCUT2D eigenvalue weighted by Crippen LogP contribution is -2.70. The number of hydrogen-bond donors (Lipinski definition) is 2. The minimum absolute atomic E-state index is 0.0333. The van der Waals surface area contributed by atoms with Gasteiger partial charge in [0.2, 0.25) is 0 Å². The Kier molecular flexibility index (Phi) is 4.01. The predicted octanol–water partition coefficient (Wildman–Crippen LogP) is 2.64. The third-order valence-corrected chi connectivity index (χ3v) is 8.85. The average Bonchev–Trinajstić information content (AvgIpc) is 2.68. The van der Waals surface area contributed by atoms with E-state index in [9.17, 15) is 19.8 Å². The van der Waals surface area contributed by atoms with Crippen LogP contribution in [0.3, 0.4) is 0 Å². The summed E-state index contributed by atoms with van der Waals surface area (Å²) in [5.74, 6) is -0.844. The Balaban J connectivity index is 1.89. The number of hydrogen-bond acceptors (Lipinski definition) is 5. The van der Waals surface area contributed by atoms with Crippen molar-refractivity contribution in [3.8, 4) is 0 Å². The van der Waals surface area contributed by atoms with Crippen molar-refractivity contribution in [2.45, 2.75) is 78.1 Å². The molecular formula is C22H32O5. The molecule has 4 aliphatic carbocycles. The topological polar surface area (TPSA) is 83.8 Å². The van der Waals surface area contributed by atoms with Crippen molar-refractivity contribution >= 4 is 11.8 Å². The van der Waals surface area contributed by atoms with Crippen LogP contribution in [0.1, 0.15) is 59.8 Å². The Hall–Kier alpha value is -1.20. The molecule has 4 rings (SSSR count). The van der Waals surface area contributed by atoms with Gasteiger partial charge < -0.3 is 14.9 Å². The van der Waals surface area contributed by atoms with E-state index in [1.54, 1.807) is 0 Å². The van der Waals surface area contributed by atoms with Crippen molar-refractivity contribution in [3.63, 3.8) is 0 Å². The first-order chi connectivity index (χ1) is 12.5. The molecule has 0 aliphatic heterocycles. The highest BCUT2D eigenvalue weighted by atomic mass is 16.5. The fourth-order valence-corrected chi connectivity index (χ4v) is 7.69. The van der Waals surface area contributed by atoms with E-state index in [4.69, 9.17) is 4.74 Å². The quantitative estimate of drug-likeness (QED) is 0.543. The third-order valence-electron chi connectivity index (χ3n) is 8.85. The highest BCUT2D eigenvalue weighted by molar-refractivity contribution is 6.04. The van der Waals surface area contributed by atoms with Gasteiger partial charge in [0.15, 0.2) is 5.78 Å². The standard InChI is InChI=1S/C22H32O5/c1-11-13-6-7-14-21(5)15(10-16(24)22(14,18(11)25)19(13)26)20(3,4)9-8-17(21)27-12(2)23/h13-17,19,24,26H,1,6-10H2,2-5H3/t13-,14?,15?,16+,17+,19+,21-,22-/m0/s1. The Morgan fingerprint density at radius 2 is 1.81 bits per heavy atom. The van der Waals surface area contributed by atoms with Crippen molar-refractivity contribution in [2.75, 3.05) is 0 Å². The van der Waals surface area contributed by atoms with Gasteiger partial charge in [-0.25, -0.2) is 0 Å². The van der Waals surface area contributed by atoms with E-state index in [-0.39, 0.29) is 41.0 Å². The molecule has 0 aromatic rings. The third kappa shape index (κ3) is 2.13. The molecule has 2 bridgehead atoms. The van der Waals surface area contributed by atoms with Crippen LogP contribution >= 0.6 is 0 Å². The molecule has 4 aliphatic rings. The number of rotatable bonds is 1. The molecule has 0 aromatic heterocycles. The van der Waals surface area contributed by atoms with Gasteiger partial charge in [-0.3, -0.25) is 9.59 Å². The van der Waals surface area contributed by atoms with E-state index >= 15 is 0 Å². The predicted molar refractivity (Wildman–Crippen MR) is 99.6 cm³/mol. The number of esters is 1. The van der Waals surface area contributed by atoms with Crippen LogP contribution in [0, 0.1) is 34.0 Å². The molecule has 8 atom stereocenters. The van der Waals surface area contributed by atoms with Gasteiger partial charge in [0.25, 0.3) is 0 Å². The van der Waals surface area contributed by atoms with Crippen molar-refractivity contribution in [1.29, 1.82) is 0 Å². The highest BCUT2D eigenvalue weighted by Crippen LogP contribution is 2.71. The van der Waals surface area contributed by atoms with E-state index in [2.05, 4.69) is 27.4 Å². The lowest BCUT2D eigenvalue weighted by molar-refractivity contribution is -0.255. The fraction of sp³-hybridized carbons (Fsp3) is 0.818. The molecule has 150 valence electrons. The van der Waals surface area contributed by atoms with Gasteiger partial charge in [0.05, 0.1) is 17.6 Å². The number of ketones is 1. The number of aliphatic hydroxyl groups excluding tert-OH is 2. The summed E-state index contributed by atoms with van der Waals surface area (Å²) >= 11 is 0. The lowest BCUT2D eigenvalue weighted by Gasteiger charge is -2.66. The molecule has 4 saturated carbocycles. The van der Waals surface area contributed by atoms with E-state index in [1.165, 1.54) is 6.92 Å². The van der Waals surface area contributed by atoms with Crippen LogP contribution in [0.15, 0.2) is 12.2 Å². The maximum absolute atomic E-state index is 13.3. The maximum atomic E-state index is 13.3. The van der Waals surface area contributed by atoms with Crippen LogP contribution in [-0.4, -0.2) is 40.3 Å². The molecular weight excluding hydrogens is 344 g/mol. The second kappa shape index (κ2) is 5.66. The Morgan fingerprint density at radius 3 is 2.44 bits per heavy atom. The summed E-state index contributed by atoms with van der Waals surface area (Å²) < 4.78 is 5.81. The maximum Gasteiger partial charge on any atom is 0.302 e. The van der Waals surface area contributed by atoms with Crippen LogP contribution in [0.2, 0.25) is 0 Å². The summed E-state index contributed by atoms with van der Waals surface area (Å²) in [6.45, 7) is 11.9. The van der Waals surface area contributed by atoms with E-state index in [1.807, 2.05) is 0 Å². The first-order valence-electron chi connectivity index (χ1n) is 10.3. The van der Waals surface area contributed by atoms with Gasteiger partial charge in [0.1, 0.15) is 6.10 Å². The lowest BCUT2D eigenvalue weighted by atomic mass is 9.39. The Bertz CT molecular complexity index is 711. The van der Waals surface area contributed by atoms with Gasteiger partial charge in [0, 0.05) is 18.3 Å². The molecule has 5 heteroatoms. The molecule has 0 amide bonds. The molecule has 1 spiro atoms. The number of carbonyl (C=O) groups excluding carboxylic acids is 2. The monoisotopic (exact) mass is 376 g/mol. The number of carbonyl (C=O) groups is 2. The minimum Gasteiger partial charge on any atom is -0.462 e. The van der Waals surface area contributed by atoms with Gasteiger partial charge in [-0.2, -0.15) is 0 Å². The minimum atomic E-state index is -1.20. The summed E-state index contributed by atoms with van der Waals surface area (Å²) in [5.41, 5.74) is -1.23. The first kappa shape index (κ1) is 19.1. The molecule has 5 nitrogen and oxygen atoms in total. The number of aliphatic hydroxyl groups is 2. The van der Waals surface area contributed by atoms with E-state index < -0.39 is 23.0 Å². The second-order valence-corrected chi connectivity index (χ2v) is 10.3. The Morgan fingerprint density at radius 1 is 1.15 bits per heavy atom.